The van der Waals surface area contributed by atoms with Crippen molar-refractivity contribution in [1.29, 1.82) is 0 Å². The van der Waals surface area contributed by atoms with Crippen molar-refractivity contribution >= 4 is 5.95 Å². The fourth-order valence-electron chi connectivity index (χ4n) is 3.01. The van der Waals surface area contributed by atoms with Gasteiger partial charge in [-0.3, -0.25) is 4.90 Å². The van der Waals surface area contributed by atoms with Gasteiger partial charge in [0.2, 0.25) is 5.95 Å². The molecule has 1 aliphatic rings. The third kappa shape index (κ3) is 3.92. The van der Waals surface area contributed by atoms with Crippen molar-refractivity contribution < 1.29 is 0 Å². The van der Waals surface area contributed by atoms with Gasteiger partial charge in [0.25, 0.3) is 0 Å². The number of nitrogens with zero attached hydrogens (tertiary/aromatic N) is 3. The molecule has 0 amide bonds. The van der Waals surface area contributed by atoms with Gasteiger partial charge < -0.3 is 5.32 Å². The molecule has 1 saturated carbocycles. The monoisotopic (exact) mass is 276 g/mol. The third-order valence-corrected chi connectivity index (χ3v) is 4.36. The predicted octanol–water partition coefficient (Wildman–Crippen LogP) is 3.45. The van der Waals surface area contributed by atoms with E-state index in [0.29, 0.717) is 6.04 Å². The fraction of sp³-hybridized carbons (Fsp3) is 0.750. The first-order valence-electron chi connectivity index (χ1n) is 8.05. The molecule has 1 aromatic rings. The Morgan fingerprint density at radius 1 is 1.25 bits per heavy atom. The van der Waals surface area contributed by atoms with Crippen molar-refractivity contribution in [3.63, 3.8) is 0 Å². The molecule has 1 aromatic heterocycles. The van der Waals surface area contributed by atoms with Gasteiger partial charge in [0, 0.05) is 43.1 Å². The second kappa shape index (κ2) is 7.58. The van der Waals surface area contributed by atoms with Gasteiger partial charge in [-0.2, -0.15) is 0 Å². The average molecular weight is 276 g/mol. The highest BCUT2D eigenvalue weighted by Crippen LogP contribution is 2.27. The summed E-state index contributed by atoms with van der Waals surface area (Å²) >= 11 is 0. The Kier molecular flexibility index (Phi) is 5.77. The topological polar surface area (TPSA) is 41.1 Å². The van der Waals surface area contributed by atoms with Crippen LogP contribution in [-0.4, -0.2) is 33.5 Å². The van der Waals surface area contributed by atoms with Crippen LogP contribution in [0.4, 0.5) is 5.95 Å². The molecule has 2 rings (SSSR count). The zero-order valence-electron chi connectivity index (χ0n) is 13.1. The lowest BCUT2D eigenvalue weighted by molar-refractivity contribution is 0.132. The molecule has 20 heavy (non-hydrogen) atoms. The van der Waals surface area contributed by atoms with Gasteiger partial charge in [-0.05, 0) is 33.1 Å². The van der Waals surface area contributed by atoms with Crippen molar-refractivity contribution in [1.82, 2.24) is 14.9 Å². The van der Waals surface area contributed by atoms with Gasteiger partial charge >= 0.3 is 0 Å². The molecule has 1 unspecified atom stereocenters. The highest BCUT2D eigenvalue weighted by molar-refractivity contribution is 5.24. The molecular weight excluding hydrogens is 248 g/mol. The largest absolute Gasteiger partial charge is 0.355 e. The van der Waals surface area contributed by atoms with Crippen molar-refractivity contribution in [2.24, 2.45) is 0 Å². The van der Waals surface area contributed by atoms with Crippen LogP contribution in [0.5, 0.6) is 0 Å². The van der Waals surface area contributed by atoms with E-state index in [4.69, 9.17) is 0 Å². The standard InChI is InChI=1S/C16H28N4/c1-4-13(3)20(15-8-6-7-9-15)12-14-10-18-16(17-5-2)19-11-14/h10-11,13,15H,4-9,12H2,1-3H3,(H,17,18,19). The third-order valence-electron chi connectivity index (χ3n) is 4.36. The number of nitrogens with one attached hydrogen (secondary N) is 1. The number of hydrogen-bond donors (Lipinski definition) is 1. The lowest BCUT2D eigenvalue weighted by Crippen LogP contribution is -2.39. The van der Waals surface area contributed by atoms with Crippen LogP contribution in [-0.2, 0) is 6.54 Å². The van der Waals surface area contributed by atoms with E-state index in [2.05, 4.69) is 41.0 Å². The Balaban J connectivity index is 2.02. The van der Waals surface area contributed by atoms with E-state index in [1.54, 1.807) is 0 Å². The maximum Gasteiger partial charge on any atom is 0.222 e. The molecule has 0 aliphatic heterocycles. The van der Waals surface area contributed by atoms with Crippen molar-refractivity contribution in [3.05, 3.63) is 18.0 Å². The van der Waals surface area contributed by atoms with E-state index in [9.17, 15) is 0 Å². The molecule has 4 nitrogen and oxygen atoms in total. The SMILES string of the molecule is CCNc1ncc(CN(C(C)CC)C2CCCC2)cn1. The maximum absolute atomic E-state index is 4.38. The molecular formula is C16H28N4. The van der Waals surface area contributed by atoms with Gasteiger partial charge in [-0.15, -0.1) is 0 Å². The van der Waals surface area contributed by atoms with E-state index < -0.39 is 0 Å². The molecule has 4 heteroatoms. The molecule has 0 radical (unpaired) electrons. The minimum atomic E-state index is 0.631. The summed E-state index contributed by atoms with van der Waals surface area (Å²) in [6.45, 7) is 8.51. The zero-order chi connectivity index (χ0) is 14.4. The van der Waals surface area contributed by atoms with E-state index >= 15 is 0 Å². The van der Waals surface area contributed by atoms with Crippen molar-refractivity contribution in [2.75, 3.05) is 11.9 Å². The molecule has 0 bridgehead atoms. The summed E-state index contributed by atoms with van der Waals surface area (Å²) in [5, 5.41) is 3.14. The van der Waals surface area contributed by atoms with Gasteiger partial charge in [0.1, 0.15) is 0 Å². The Hall–Kier alpha value is -1.16. The van der Waals surface area contributed by atoms with Gasteiger partial charge in [-0.1, -0.05) is 19.8 Å². The zero-order valence-corrected chi connectivity index (χ0v) is 13.1. The van der Waals surface area contributed by atoms with Crippen molar-refractivity contribution in [2.45, 2.75) is 71.5 Å². The first-order chi connectivity index (χ1) is 9.74. The van der Waals surface area contributed by atoms with Gasteiger partial charge in [-0.25, -0.2) is 9.97 Å². The molecule has 1 N–H and O–H groups in total. The van der Waals surface area contributed by atoms with Crippen LogP contribution in [0, 0.1) is 0 Å². The second-order valence-corrected chi connectivity index (χ2v) is 5.81. The molecule has 1 aliphatic carbocycles. The lowest BCUT2D eigenvalue weighted by atomic mass is 10.1. The normalized spacial score (nSPS) is 17.6. The summed E-state index contributed by atoms with van der Waals surface area (Å²) in [6.07, 6.45) is 10.6. The molecule has 0 aromatic carbocycles. The predicted molar refractivity (Wildman–Crippen MR) is 83.7 cm³/mol. The van der Waals surface area contributed by atoms with E-state index in [-0.39, 0.29) is 0 Å². The van der Waals surface area contributed by atoms with Crippen LogP contribution in [0.2, 0.25) is 0 Å². The van der Waals surface area contributed by atoms with Gasteiger partial charge in [0.05, 0.1) is 0 Å². The maximum atomic E-state index is 4.38. The molecule has 112 valence electrons. The average Bonchev–Trinajstić information content (AvgIpc) is 3.00. The Morgan fingerprint density at radius 3 is 2.45 bits per heavy atom. The van der Waals surface area contributed by atoms with Crippen LogP contribution in [0.15, 0.2) is 12.4 Å². The summed E-state index contributed by atoms with van der Waals surface area (Å²) in [5.74, 6) is 0.729. The smallest absolute Gasteiger partial charge is 0.222 e. The number of rotatable bonds is 7. The van der Waals surface area contributed by atoms with Gasteiger partial charge in [0.15, 0.2) is 0 Å². The quantitative estimate of drug-likeness (QED) is 0.828. The first-order valence-corrected chi connectivity index (χ1v) is 8.05. The van der Waals surface area contributed by atoms with Crippen LogP contribution in [0.1, 0.15) is 58.4 Å². The van der Waals surface area contributed by atoms with Crippen LogP contribution < -0.4 is 5.32 Å². The molecule has 1 fully saturated rings. The first kappa shape index (κ1) is 15.2. The molecule has 0 saturated heterocycles. The van der Waals surface area contributed by atoms with E-state index in [1.165, 1.54) is 37.7 Å². The Labute approximate surface area is 123 Å². The van der Waals surface area contributed by atoms with E-state index in [0.717, 1.165) is 25.1 Å². The Morgan fingerprint density at radius 2 is 1.90 bits per heavy atom. The number of aromatic nitrogens is 2. The van der Waals surface area contributed by atoms with Crippen LogP contribution >= 0.6 is 0 Å². The second-order valence-electron chi connectivity index (χ2n) is 5.81. The molecule has 1 heterocycles. The molecule has 0 spiro atoms. The highest BCUT2D eigenvalue weighted by atomic mass is 15.2. The van der Waals surface area contributed by atoms with E-state index in [1.807, 2.05) is 12.4 Å². The number of hydrogen-bond acceptors (Lipinski definition) is 4. The lowest BCUT2D eigenvalue weighted by Gasteiger charge is -2.34. The summed E-state index contributed by atoms with van der Waals surface area (Å²) in [6, 6.07) is 1.38. The summed E-state index contributed by atoms with van der Waals surface area (Å²) in [5.41, 5.74) is 1.22. The van der Waals surface area contributed by atoms with Crippen LogP contribution in [0.3, 0.4) is 0 Å². The van der Waals surface area contributed by atoms with Crippen molar-refractivity contribution in [3.8, 4) is 0 Å². The summed E-state index contributed by atoms with van der Waals surface area (Å²) in [4.78, 5) is 11.4. The molecule has 1 atom stereocenters. The fourth-order valence-corrected chi connectivity index (χ4v) is 3.01. The highest BCUT2D eigenvalue weighted by Gasteiger charge is 2.25. The number of anilines is 1. The summed E-state index contributed by atoms with van der Waals surface area (Å²) in [7, 11) is 0. The minimum Gasteiger partial charge on any atom is -0.355 e. The minimum absolute atomic E-state index is 0.631. The Bertz CT molecular complexity index is 384. The van der Waals surface area contributed by atoms with Crippen LogP contribution in [0.25, 0.3) is 0 Å². The summed E-state index contributed by atoms with van der Waals surface area (Å²) < 4.78 is 0.